The fourth-order valence-electron chi connectivity index (χ4n) is 4.11. The van der Waals surface area contributed by atoms with Crippen molar-refractivity contribution >= 4 is 27.5 Å². The van der Waals surface area contributed by atoms with E-state index < -0.39 is 0 Å². The minimum absolute atomic E-state index is 0.0933. The predicted molar refractivity (Wildman–Crippen MR) is 107 cm³/mol. The third-order valence-corrected chi connectivity index (χ3v) is 6.95. The first-order chi connectivity index (χ1) is 13.0. The van der Waals surface area contributed by atoms with Crippen molar-refractivity contribution in [3.63, 3.8) is 0 Å². The van der Waals surface area contributed by atoms with E-state index in [0.717, 1.165) is 61.0 Å². The number of fused-ring (bicyclic) bond motifs is 1. The number of carbonyl (C=O) groups is 1. The summed E-state index contributed by atoms with van der Waals surface area (Å²) in [7, 11) is 0. The van der Waals surface area contributed by atoms with E-state index >= 15 is 0 Å². The molecule has 0 spiro atoms. The summed E-state index contributed by atoms with van der Waals surface area (Å²) in [5.41, 5.74) is 0.909. The molecule has 146 valence electrons. The zero-order chi connectivity index (χ0) is 19.0. The van der Waals surface area contributed by atoms with E-state index in [1.54, 1.807) is 11.3 Å². The Hall–Kier alpha value is -1.77. The second-order valence-electron chi connectivity index (χ2n) is 7.54. The van der Waals surface area contributed by atoms with Crippen molar-refractivity contribution in [2.45, 2.75) is 39.2 Å². The number of aryl methyl sites for hydroxylation is 3. The van der Waals surface area contributed by atoms with Crippen LogP contribution >= 0.6 is 11.3 Å². The summed E-state index contributed by atoms with van der Waals surface area (Å²) in [5.74, 6) is 0.772. The lowest BCUT2D eigenvalue weighted by Crippen LogP contribution is -2.49. The summed E-state index contributed by atoms with van der Waals surface area (Å²) >= 11 is 1.55. The lowest BCUT2D eigenvalue weighted by molar-refractivity contribution is -0.130. The van der Waals surface area contributed by atoms with Gasteiger partial charge in [0.25, 0.3) is 5.56 Å². The molecule has 4 rings (SSSR count). The van der Waals surface area contributed by atoms with Crippen LogP contribution in [-0.2, 0) is 11.2 Å². The monoisotopic (exact) mass is 389 g/mol. The molecule has 7 nitrogen and oxygen atoms in total. The fourth-order valence-corrected chi connectivity index (χ4v) is 5.16. The number of thiophene rings is 1. The molecule has 1 unspecified atom stereocenters. The maximum atomic E-state index is 12.6. The van der Waals surface area contributed by atoms with Gasteiger partial charge in [0.1, 0.15) is 10.7 Å². The SMILES string of the molecule is Cc1sc2nc(CCC(=O)N3CCC(N4CCNCC4)C3)[nH]c(=O)c2c1C. The summed E-state index contributed by atoms with van der Waals surface area (Å²) < 4.78 is 0. The quantitative estimate of drug-likeness (QED) is 0.817. The molecule has 2 saturated heterocycles. The number of amides is 1. The number of piperazine rings is 1. The van der Waals surface area contributed by atoms with Crippen LogP contribution in [0.25, 0.3) is 10.2 Å². The van der Waals surface area contributed by atoms with Crippen LogP contribution in [0.1, 0.15) is 29.1 Å². The Bertz CT molecular complexity index is 899. The van der Waals surface area contributed by atoms with Crippen LogP contribution in [0, 0.1) is 13.8 Å². The molecule has 8 heteroatoms. The second kappa shape index (κ2) is 7.69. The Kier molecular flexibility index (Phi) is 5.29. The molecule has 2 fully saturated rings. The van der Waals surface area contributed by atoms with Gasteiger partial charge in [0.2, 0.25) is 5.91 Å². The summed E-state index contributed by atoms with van der Waals surface area (Å²) in [4.78, 5) is 38.8. The number of H-pyrrole nitrogens is 1. The maximum Gasteiger partial charge on any atom is 0.259 e. The first-order valence-electron chi connectivity index (χ1n) is 9.74. The van der Waals surface area contributed by atoms with Crippen LogP contribution in [0.3, 0.4) is 0 Å². The topological polar surface area (TPSA) is 81.3 Å². The average Bonchev–Trinajstić information content (AvgIpc) is 3.26. The molecule has 0 aromatic carbocycles. The molecule has 1 amide bonds. The van der Waals surface area contributed by atoms with Gasteiger partial charge >= 0.3 is 0 Å². The molecule has 4 heterocycles. The predicted octanol–water partition coefficient (Wildman–Crippen LogP) is 1.04. The number of carbonyl (C=O) groups excluding carboxylic acids is 1. The summed E-state index contributed by atoms with van der Waals surface area (Å²) in [5, 5.41) is 4.06. The van der Waals surface area contributed by atoms with E-state index in [1.165, 1.54) is 0 Å². The number of nitrogens with one attached hydrogen (secondary N) is 2. The highest BCUT2D eigenvalue weighted by Gasteiger charge is 2.30. The van der Waals surface area contributed by atoms with E-state index in [4.69, 9.17) is 0 Å². The Labute approximate surface area is 162 Å². The van der Waals surface area contributed by atoms with Gasteiger partial charge in [-0.05, 0) is 25.8 Å². The molecule has 2 aromatic rings. The standard InChI is InChI=1S/C19H27N5O2S/c1-12-13(2)27-19-17(12)18(26)21-15(22-19)3-4-16(25)24-8-5-14(11-24)23-9-6-20-7-10-23/h14,20H,3-11H2,1-2H3,(H,21,22,26). The number of likely N-dealkylation sites (tertiary alicyclic amines) is 1. The fraction of sp³-hybridized carbons (Fsp3) is 0.632. The van der Waals surface area contributed by atoms with E-state index in [2.05, 4.69) is 20.2 Å². The highest BCUT2D eigenvalue weighted by molar-refractivity contribution is 7.18. The van der Waals surface area contributed by atoms with Crippen molar-refractivity contribution in [1.29, 1.82) is 0 Å². The summed E-state index contributed by atoms with van der Waals surface area (Å²) in [6.45, 7) is 9.82. The Balaban J connectivity index is 1.37. The van der Waals surface area contributed by atoms with Crippen molar-refractivity contribution in [3.05, 3.63) is 26.6 Å². The summed E-state index contributed by atoms with van der Waals surface area (Å²) in [6.07, 6.45) is 1.93. The van der Waals surface area contributed by atoms with Crippen LogP contribution in [0.5, 0.6) is 0 Å². The van der Waals surface area contributed by atoms with Crippen LogP contribution in [0.4, 0.5) is 0 Å². The summed E-state index contributed by atoms with van der Waals surface area (Å²) in [6, 6.07) is 0.488. The lowest BCUT2D eigenvalue weighted by Gasteiger charge is -2.32. The van der Waals surface area contributed by atoms with Gasteiger partial charge in [-0.2, -0.15) is 0 Å². The van der Waals surface area contributed by atoms with Gasteiger partial charge < -0.3 is 15.2 Å². The van der Waals surface area contributed by atoms with Crippen LogP contribution in [0.2, 0.25) is 0 Å². The van der Waals surface area contributed by atoms with E-state index in [-0.39, 0.29) is 11.5 Å². The minimum Gasteiger partial charge on any atom is -0.341 e. The molecule has 2 aliphatic heterocycles. The molecular formula is C19H27N5O2S. The number of aromatic nitrogens is 2. The zero-order valence-electron chi connectivity index (χ0n) is 16.0. The lowest BCUT2D eigenvalue weighted by atomic mass is 10.2. The molecule has 0 radical (unpaired) electrons. The van der Waals surface area contributed by atoms with Gasteiger partial charge in [0.05, 0.1) is 5.39 Å². The molecule has 0 bridgehead atoms. The molecular weight excluding hydrogens is 362 g/mol. The van der Waals surface area contributed by atoms with E-state index in [9.17, 15) is 9.59 Å². The molecule has 2 N–H and O–H groups in total. The molecule has 0 aliphatic carbocycles. The number of hydrogen-bond acceptors (Lipinski definition) is 6. The molecule has 27 heavy (non-hydrogen) atoms. The second-order valence-corrected chi connectivity index (χ2v) is 8.75. The highest BCUT2D eigenvalue weighted by atomic mass is 32.1. The van der Waals surface area contributed by atoms with Crippen molar-refractivity contribution in [2.24, 2.45) is 0 Å². The van der Waals surface area contributed by atoms with Crippen molar-refractivity contribution in [2.75, 3.05) is 39.3 Å². The first-order valence-corrected chi connectivity index (χ1v) is 10.6. The van der Waals surface area contributed by atoms with Gasteiger partial charge in [-0.3, -0.25) is 14.5 Å². The number of hydrogen-bond donors (Lipinski definition) is 2. The van der Waals surface area contributed by atoms with Crippen molar-refractivity contribution < 1.29 is 4.79 Å². The molecule has 2 aliphatic rings. The average molecular weight is 390 g/mol. The van der Waals surface area contributed by atoms with Gasteiger partial charge in [0.15, 0.2) is 0 Å². The third-order valence-electron chi connectivity index (χ3n) is 5.85. The van der Waals surface area contributed by atoms with Gasteiger partial charge in [-0.25, -0.2) is 4.98 Å². The third kappa shape index (κ3) is 3.79. The molecule has 0 saturated carbocycles. The molecule has 2 aromatic heterocycles. The van der Waals surface area contributed by atoms with Gasteiger partial charge in [0, 0.05) is 63.0 Å². The molecule has 1 atom stereocenters. The Morgan fingerprint density at radius 3 is 2.81 bits per heavy atom. The zero-order valence-corrected chi connectivity index (χ0v) is 16.8. The normalized spacial score (nSPS) is 21.3. The van der Waals surface area contributed by atoms with E-state index in [0.29, 0.717) is 30.1 Å². The van der Waals surface area contributed by atoms with Crippen molar-refractivity contribution in [1.82, 2.24) is 25.1 Å². The first kappa shape index (κ1) is 18.6. The van der Waals surface area contributed by atoms with Gasteiger partial charge in [-0.1, -0.05) is 0 Å². The van der Waals surface area contributed by atoms with Gasteiger partial charge in [-0.15, -0.1) is 11.3 Å². The van der Waals surface area contributed by atoms with Crippen molar-refractivity contribution in [3.8, 4) is 0 Å². The Morgan fingerprint density at radius 1 is 1.26 bits per heavy atom. The smallest absolute Gasteiger partial charge is 0.259 e. The largest absolute Gasteiger partial charge is 0.341 e. The van der Waals surface area contributed by atoms with Crippen LogP contribution in [-0.4, -0.2) is 71.0 Å². The minimum atomic E-state index is -0.0933. The number of rotatable bonds is 4. The van der Waals surface area contributed by atoms with Crippen LogP contribution < -0.4 is 10.9 Å². The Morgan fingerprint density at radius 2 is 2.04 bits per heavy atom. The maximum absolute atomic E-state index is 12.6. The number of aromatic amines is 1. The van der Waals surface area contributed by atoms with Crippen LogP contribution in [0.15, 0.2) is 4.79 Å². The highest BCUT2D eigenvalue weighted by Crippen LogP contribution is 2.26. The van der Waals surface area contributed by atoms with E-state index in [1.807, 2.05) is 18.7 Å². The number of nitrogens with zero attached hydrogens (tertiary/aromatic N) is 3.